The van der Waals surface area contributed by atoms with Crippen LogP contribution in [-0.2, 0) is 16.6 Å². The third-order valence-corrected chi connectivity index (χ3v) is 6.47. The van der Waals surface area contributed by atoms with Crippen LogP contribution in [0.4, 0.5) is 0 Å². The van der Waals surface area contributed by atoms with Gasteiger partial charge in [-0.1, -0.05) is 12.8 Å². The molecule has 0 bridgehead atoms. The molecule has 2 aromatic rings. The first-order chi connectivity index (χ1) is 12.3. The topological polar surface area (TPSA) is 90.1 Å². The normalized spacial score (nSPS) is 16.6. The summed E-state index contributed by atoms with van der Waals surface area (Å²) < 4.78 is 30.6. The highest BCUT2D eigenvalue weighted by Gasteiger charge is 2.33. The zero-order valence-electron chi connectivity index (χ0n) is 15.5. The quantitative estimate of drug-likeness (QED) is 0.810. The Balaban J connectivity index is 2.06. The van der Waals surface area contributed by atoms with Gasteiger partial charge in [-0.2, -0.15) is 14.5 Å². The number of aromatic nitrogens is 4. The Labute approximate surface area is 153 Å². The van der Waals surface area contributed by atoms with Gasteiger partial charge in [-0.15, -0.1) is 0 Å². The number of hydrogen-bond donors (Lipinski definition) is 0. The molecule has 0 radical (unpaired) electrons. The molecular weight excluding hydrogens is 354 g/mol. The van der Waals surface area contributed by atoms with Gasteiger partial charge in [-0.25, -0.2) is 13.1 Å². The van der Waals surface area contributed by atoms with E-state index in [-0.39, 0.29) is 10.6 Å². The van der Waals surface area contributed by atoms with Crippen LogP contribution in [0.5, 0.6) is 0 Å². The van der Waals surface area contributed by atoms with Gasteiger partial charge < -0.3 is 0 Å². The van der Waals surface area contributed by atoms with Gasteiger partial charge in [0.05, 0.1) is 5.69 Å². The minimum absolute atomic E-state index is 0.0716. The first-order valence-corrected chi connectivity index (χ1v) is 10.4. The fraction of sp³-hybridized carbons (Fsp3) is 0.588. The fourth-order valence-corrected chi connectivity index (χ4v) is 4.87. The van der Waals surface area contributed by atoms with Crippen molar-refractivity contribution in [2.75, 3.05) is 13.1 Å². The molecule has 0 N–H and O–H groups in total. The van der Waals surface area contributed by atoms with Crippen molar-refractivity contribution in [1.82, 2.24) is 23.9 Å². The summed E-state index contributed by atoms with van der Waals surface area (Å²) in [5.41, 5.74) is 1.44. The van der Waals surface area contributed by atoms with Crippen molar-refractivity contribution < 1.29 is 13.2 Å². The highest BCUT2D eigenvalue weighted by molar-refractivity contribution is 7.89. The van der Waals surface area contributed by atoms with Crippen molar-refractivity contribution in [3.63, 3.8) is 0 Å². The molecule has 1 aliphatic rings. The summed E-state index contributed by atoms with van der Waals surface area (Å²) in [6.07, 6.45) is 5.20. The number of carbonyl (C=O) groups excluding carboxylic acids is 1. The standard InChI is InChI=1S/C17H25N5O3S/c1-4-20-12-15(17(23)22-14(3)11-13(2)18-22)16(19-20)26(24,25)21-9-7-5-6-8-10-21/h11-12H,4-10H2,1-3H3. The van der Waals surface area contributed by atoms with E-state index in [9.17, 15) is 13.2 Å². The van der Waals surface area contributed by atoms with E-state index in [1.165, 1.54) is 19.9 Å². The molecule has 1 fully saturated rings. The number of nitrogens with zero attached hydrogens (tertiary/aromatic N) is 5. The number of aryl methyl sites for hydroxylation is 3. The summed E-state index contributed by atoms with van der Waals surface area (Å²) in [4.78, 5) is 13.0. The number of hydrogen-bond acceptors (Lipinski definition) is 5. The lowest BCUT2D eigenvalue weighted by Crippen LogP contribution is -2.33. The molecule has 0 spiro atoms. The molecule has 9 heteroatoms. The summed E-state index contributed by atoms with van der Waals surface area (Å²) in [7, 11) is -3.82. The van der Waals surface area contributed by atoms with Gasteiger partial charge >= 0.3 is 0 Å². The average molecular weight is 379 g/mol. The molecule has 3 rings (SSSR count). The minimum atomic E-state index is -3.82. The van der Waals surface area contributed by atoms with Crippen molar-refractivity contribution in [3.05, 3.63) is 29.2 Å². The van der Waals surface area contributed by atoms with Crippen LogP contribution >= 0.6 is 0 Å². The summed E-state index contributed by atoms with van der Waals surface area (Å²) in [5.74, 6) is -0.469. The van der Waals surface area contributed by atoms with Crippen LogP contribution in [-0.4, -0.2) is 51.3 Å². The Hall–Kier alpha value is -2.00. The molecule has 142 valence electrons. The highest BCUT2D eigenvalue weighted by Crippen LogP contribution is 2.23. The lowest BCUT2D eigenvalue weighted by molar-refractivity contribution is 0.0938. The van der Waals surface area contributed by atoms with Crippen molar-refractivity contribution in [3.8, 4) is 0 Å². The molecule has 8 nitrogen and oxygen atoms in total. The molecule has 0 aromatic carbocycles. The highest BCUT2D eigenvalue weighted by atomic mass is 32.2. The van der Waals surface area contributed by atoms with E-state index >= 15 is 0 Å². The maximum atomic E-state index is 13.2. The second-order valence-corrected chi connectivity index (χ2v) is 8.52. The van der Waals surface area contributed by atoms with E-state index in [0.717, 1.165) is 25.7 Å². The van der Waals surface area contributed by atoms with E-state index in [4.69, 9.17) is 0 Å². The van der Waals surface area contributed by atoms with Crippen molar-refractivity contribution in [2.45, 2.75) is 58.0 Å². The molecule has 1 saturated heterocycles. The maximum Gasteiger partial charge on any atom is 0.283 e. The van der Waals surface area contributed by atoms with Gasteiger partial charge in [0, 0.05) is 31.5 Å². The largest absolute Gasteiger partial charge is 0.283 e. The monoisotopic (exact) mass is 379 g/mol. The van der Waals surface area contributed by atoms with E-state index in [1.54, 1.807) is 19.9 Å². The number of carbonyl (C=O) groups is 1. The molecule has 2 aromatic heterocycles. The van der Waals surface area contributed by atoms with Crippen LogP contribution in [0.3, 0.4) is 0 Å². The van der Waals surface area contributed by atoms with Gasteiger partial charge in [-0.05, 0) is 39.7 Å². The van der Waals surface area contributed by atoms with Crippen LogP contribution in [0.15, 0.2) is 17.3 Å². The predicted molar refractivity (Wildman–Crippen MR) is 96.6 cm³/mol. The van der Waals surface area contributed by atoms with Gasteiger partial charge in [-0.3, -0.25) is 9.48 Å². The molecule has 0 atom stereocenters. The molecule has 26 heavy (non-hydrogen) atoms. The molecule has 0 aliphatic carbocycles. The van der Waals surface area contributed by atoms with Crippen LogP contribution in [0.1, 0.15) is 54.4 Å². The van der Waals surface area contributed by atoms with Gasteiger partial charge in [0.1, 0.15) is 5.56 Å². The van der Waals surface area contributed by atoms with Crippen LogP contribution in [0.2, 0.25) is 0 Å². The Morgan fingerprint density at radius 1 is 1.12 bits per heavy atom. The zero-order chi connectivity index (χ0) is 18.9. The second kappa shape index (κ2) is 7.32. The van der Waals surface area contributed by atoms with E-state index < -0.39 is 15.9 Å². The number of rotatable bonds is 4. The van der Waals surface area contributed by atoms with Crippen LogP contribution in [0.25, 0.3) is 0 Å². The zero-order valence-corrected chi connectivity index (χ0v) is 16.3. The second-order valence-electron chi connectivity index (χ2n) is 6.67. The lowest BCUT2D eigenvalue weighted by atomic mass is 10.2. The molecule has 1 aliphatic heterocycles. The summed E-state index contributed by atoms with van der Waals surface area (Å²) in [5, 5.41) is 8.24. The third kappa shape index (κ3) is 3.45. The number of sulfonamides is 1. The SMILES string of the molecule is CCn1cc(C(=O)n2nc(C)cc2C)c(S(=O)(=O)N2CCCCCC2)n1. The predicted octanol–water partition coefficient (Wildman–Crippen LogP) is 1.97. The molecule has 0 unspecified atom stereocenters. The van der Waals surface area contributed by atoms with Crippen molar-refractivity contribution in [2.24, 2.45) is 0 Å². The Morgan fingerprint density at radius 2 is 1.77 bits per heavy atom. The lowest BCUT2D eigenvalue weighted by Gasteiger charge is -2.19. The summed E-state index contributed by atoms with van der Waals surface area (Å²) in [6.45, 7) is 6.83. The van der Waals surface area contributed by atoms with E-state index in [1.807, 2.05) is 6.92 Å². The van der Waals surface area contributed by atoms with Crippen molar-refractivity contribution in [1.29, 1.82) is 0 Å². The molecular formula is C17H25N5O3S. The van der Waals surface area contributed by atoms with E-state index in [0.29, 0.717) is 31.0 Å². The molecule has 0 amide bonds. The first-order valence-electron chi connectivity index (χ1n) is 9.00. The van der Waals surface area contributed by atoms with Gasteiger partial charge in [0.15, 0.2) is 0 Å². The van der Waals surface area contributed by atoms with E-state index in [2.05, 4.69) is 10.2 Å². The van der Waals surface area contributed by atoms with Gasteiger partial charge in [0.25, 0.3) is 15.9 Å². The Kier molecular flexibility index (Phi) is 5.29. The van der Waals surface area contributed by atoms with Crippen LogP contribution < -0.4 is 0 Å². The first kappa shape index (κ1) is 18.8. The minimum Gasteiger partial charge on any atom is -0.271 e. The maximum absolute atomic E-state index is 13.2. The van der Waals surface area contributed by atoms with Crippen molar-refractivity contribution >= 4 is 15.9 Å². The van der Waals surface area contributed by atoms with Gasteiger partial charge in [0.2, 0.25) is 5.03 Å². The Bertz CT molecular complexity index is 905. The third-order valence-electron chi connectivity index (χ3n) is 4.63. The molecule has 3 heterocycles. The van der Waals surface area contributed by atoms with Crippen LogP contribution in [0, 0.1) is 13.8 Å². The summed E-state index contributed by atoms with van der Waals surface area (Å²) in [6, 6.07) is 1.78. The fourth-order valence-electron chi connectivity index (χ4n) is 3.26. The Morgan fingerprint density at radius 3 is 2.31 bits per heavy atom. The smallest absolute Gasteiger partial charge is 0.271 e. The average Bonchev–Trinajstić information content (AvgIpc) is 3.06. The summed E-state index contributed by atoms with van der Waals surface area (Å²) >= 11 is 0. The molecule has 0 saturated carbocycles.